The number of hydrogen-bond donors (Lipinski definition) is 0. The first-order valence-corrected chi connectivity index (χ1v) is 11.7. The van der Waals surface area contributed by atoms with Gasteiger partial charge in [0.1, 0.15) is 12.9 Å². The van der Waals surface area contributed by atoms with Crippen molar-refractivity contribution in [3.8, 4) is 22.3 Å². The molecule has 0 spiro atoms. The Morgan fingerprint density at radius 3 is 2.24 bits per heavy atom. The predicted octanol–water partition coefficient (Wildman–Crippen LogP) is 7.11. The highest BCUT2D eigenvalue weighted by molar-refractivity contribution is 6.30. The summed E-state index contributed by atoms with van der Waals surface area (Å²) in [6, 6.07) is 29.6. The second-order valence-corrected chi connectivity index (χ2v) is 8.89. The summed E-state index contributed by atoms with van der Waals surface area (Å²) in [5.74, 6) is -0.196. The first kappa shape index (κ1) is 22.1. The molecule has 1 aliphatic rings. The zero-order chi connectivity index (χ0) is 23.5. The third-order valence-electron chi connectivity index (χ3n) is 6.37. The summed E-state index contributed by atoms with van der Waals surface area (Å²) < 4.78 is 5.76. The van der Waals surface area contributed by atoms with E-state index in [1.807, 2.05) is 60.7 Å². The molecule has 0 amide bonds. The highest BCUT2D eigenvalue weighted by atomic mass is 35.5. The SMILES string of the molecule is O=Cc1cccc(-c2ccc(Cl)cc2CCC(=O)OCC2c3ccccc3-c3ccccc32)c1. The molecule has 0 aromatic heterocycles. The van der Waals surface area contributed by atoms with E-state index in [1.165, 1.54) is 22.3 Å². The molecule has 0 saturated carbocycles. The van der Waals surface area contributed by atoms with Crippen LogP contribution in [0, 0.1) is 0 Å². The molecule has 0 saturated heterocycles. The maximum absolute atomic E-state index is 12.7. The Labute approximate surface area is 204 Å². The van der Waals surface area contributed by atoms with Crippen LogP contribution in [0.2, 0.25) is 5.02 Å². The first-order chi connectivity index (χ1) is 16.6. The summed E-state index contributed by atoms with van der Waals surface area (Å²) in [5.41, 5.74) is 8.25. The molecule has 168 valence electrons. The maximum Gasteiger partial charge on any atom is 0.306 e. The van der Waals surface area contributed by atoms with Crippen molar-refractivity contribution in [2.75, 3.05) is 6.61 Å². The van der Waals surface area contributed by atoms with Crippen molar-refractivity contribution in [2.24, 2.45) is 0 Å². The van der Waals surface area contributed by atoms with Gasteiger partial charge in [-0.15, -0.1) is 0 Å². The second kappa shape index (κ2) is 9.66. The zero-order valence-electron chi connectivity index (χ0n) is 18.5. The number of aldehydes is 1. The molecule has 0 atom stereocenters. The number of carbonyl (C=O) groups excluding carboxylic acids is 2. The number of hydrogen-bond acceptors (Lipinski definition) is 3. The van der Waals surface area contributed by atoms with E-state index in [9.17, 15) is 9.59 Å². The smallest absolute Gasteiger partial charge is 0.306 e. The molecule has 1 aliphatic carbocycles. The topological polar surface area (TPSA) is 43.4 Å². The highest BCUT2D eigenvalue weighted by Crippen LogP contribution is 2.44. The Hall–Kier alpha value is -3.69. The number of ether oxygens (including phenoxy) is 1. The summed E-state index contributed by atoms with van der Waals surface area (Å²) in [5, 5.41) is 0.609. The third-order valence-corrected chi connectivity index (χ3v) is 6.61. The number of benzene rings is 4. The molecule has 4 aromatic carbocycles. The summed E-state index contributed by atoms with van der Waals surface area (Å²) >= 11 is 6.25. The Morgan fingerprint density at radius 2 is 1.53 bits per heavy atom. The Kier molecular flexibility index (Phi) is 6.29. The van der Waals surface area contributed by atoms with Gasteiger partial charge in [-0.2, -0.15) is 0 Å². The normalized spacial score (nSPS) is 12.1. The molecule has 4 heteroatoms. The van der Waals surface area contributed by atoms with Crippen molar-refractivity contribution in [1.29, 1.82) is 0 Å². The lowest BCUT2D eigenvalue weighted by atomic mass is 9.95. The van der Waals surface area contributed by atoms with E-state index < -0.39 is 0 Å². The van der Waals surface area contributed by atoms with E-state index >= 15 is 0 Å². The van der Waals surface area contributed by atoms with Gasteiger partial charge in [-0.1, -0.05) is 84.4 Å². The minimum atomic E-state index is -0.241. The van der Waals surface area contributed by atoms with Crippen LogP contribution in [-0.4, -0.2) is 18.9 Å². The number of carbonyl (C=O) groups is 2. The van der Waals surface area contributed by atoms with E-state index in [-0.39, 0.29) is 18.3 Å². The summed E-state index contributed by atoms with van der Waals surface area (Å²) in [4.78, 5) is 23.9. The van der Waals surface area contributed by atoms with E-state index in [4.69, 9.17) is 16.3 Å². The van der Waals surface area contributed by atoms with Crippen LogP contribution in [0.4, 0.5) is 0 Å². The molecule has 0 unspecified atom stereocenters. The number of esters is 1. The van der Waals surface area contributed by atoms with Crippen molar-refractivity contribution < 1.29 is 14.3 Å². The molecule has 5 rings (SSSR count). The van der Waals surface area contributed by atoms with Crippen LogP contribution in [-0.2, 0) is 16.0 Å². The minimum Gasteiger partial charge on any atom is -0.465 e. The van der Waals surface area contributed by atoms with E-state index in [1.54, 1.807) is 6.07 Å². The Morgan fingerprint density at radius 1 is 0.824 bits per heavy atom. The lowest BCUT2D eigenvalue weighted by Crippen LogP contribution is -2.13. The average Bonchev–Trinajstić information content (AvgIpc) is 3.20. The monoisotopic (exact) mass is 466 g/mol. The molecule has 0 fully saturated rings. The van der Waals surface area contributed by atoms with Crippen LogP contribution in [0.5, 0.6) is 0 Å². The van der Waals surface area contributed by atoms with Gasteiger partial charge < -0.3 is 4.74 Å². The van der Waals surface area contributed by atoms with Gasteiger partial charge in [0.2, 0.25) is 0 Å². The van der Waals surface area contributed by atoms with Crippen LogP contribution in [0.3, 0.4) is 0 Å². The van der Waals surface area contributed by atoms with Crippen molar-refractivity contribution in [3.63, 3.8) is 0 Å². The molecule has 34 heavy (non-hydrogen) atoms. The van der Waals surface area contributed by atoms with Gasteiger partial charge in [-0.25, -0.2) is 0 Å². The lowest BCUT2D eigenvalue weighted by Gasteiger charge is -2.15. The largest absolute Gasteiger partial charge is 0.465 e. The van der Waals surface area contributed by atoms with Crippen LogP contribution in [0.25, 0.3) is 22.3 Å². The fourth-order valence-corrected chi connectivity index (χ4v) is 4.95. The highest BCUT2D eigenvalue weighted by Gasteiger charge is 2.28. The third kappa shape index (κ3) is 4.40. The summed E-state index contributed by atoms with van der Waals surface area (Å²) in [6.45, 7) is 0.316. The fourth-order valence-electron chi connectivity index (χ4n) is 4.75. The van der Waals surface area contributed by atoms with Crippen molar-refractivity contribution in [2.45, 2.75) is 18.8 Å². The maximum atomic E-state index is 12.7. The average molecular weight is 467 g/mol. The predicted molar refractivity (Wildman–Crippen MR) is 135 cm³/mol. The van der Waals surface area contributed by atoms with Gasteiger partial charge in [0.15, 0.2) is 0 Å². The van der Waals surface area contributed by atoms with Gasteiger partial charge in [0.05, 0.1) is 0 Å². The molecular formula is C30H23ClO3. The molecule has 3 nitrogen and oxygen atoms in total. The van der Waals surface area contributed by atoms with Gasteiger partial charge in [0, 0.05) is 22.9 Å². The lowest BCUT2D eigenvalue weighted by molar-refractivity contribution is -0.143. The van der Waals surface area contributed by atoms with Crippen molar-refractivity contribution in [1.82, 2.24) is 0 Å². The van der Waals surface area contributed by atoms with Crippen molar-refractivity contribution in [3.05, 3.63) is 118 Å². The van der Waals surface area contributed by atoms with E-state index in [0.29, 0.717) is 23.6 Å². The quantitative estimate of drug-likeness (QED) is 0.215. The van der Waals surface area contributed by atoms with Crippen LogP contribution >= 0.6 is 11.6 Å². The van der Waals surface area contributed by atoms with Gasteiger partial charge in [-0.05, 0) is 63.6 Å². The molecule has 0 N–H and O–H groups in total. The van der Waals surface area contributed by atoms with E-state index in [2.05, 4.69) is 24.3 Å². The zero-order valence-corrected chi connectivity index (χ0v) is 19.3. The molecule has 0 radical (unpaired) electrons. The molecule has 0 aliphatic heterocycles. The fraction of sp³-hybridized carbons (Fsp3) is 0.133. The van der Waals surface area contributed by atoms with E-state index in [0.717, 1.165) is 23.0 Å². The Balaban J connectivity index is 1.29. The molecule has 0 bridgehead atoms. The standard InChI is InChI=1S/C30H23ClO3/c31-23-13-14-24(21-7-5-6-20(16-21)18-32)22(17-23)12-15-30(33)34-19-29-27-10-3-1-8-25(27)26-9-2-4-11-28(26)29/h1-11,13-14,16-18,29H,12,15,19H2. The number of halogens is 1. The number of rotatable bonds is 7. The summed E-state index contributed by atoms with van der Waals surface area (Å²) in [7, 11) is 0. The summed E-state index contributed by atoms with van der Waals surface area (Å²) in [6.07, 6.45) is 1.57. The molecule has 4 aromatic rings. The van der Waals surface area contributed by atoms with Crippen LogP contribution in [0.1, 0.15) is 39.4 Å². The molecule has 0 heterocycles. The number of aryl methyl sites for hydroxylation is 1. The van der Waals surface area contributed by atoms with Gasteiger partial charge in [0.25, 0.3) is 0 Å². The van der Waals surface area contributed by atoms with Gasteiger partial charge in [-0.3, -0.25) is 9.59 Å². The molecular weight excluding hydrogens is 444 g/mol. The first-order valence-electron chi connectivity index (χ1n) is 11.3. The Bertz CT molecular complexity index is 1330. The van der Waals surface area contributed by atoms with Crippen molar-refractivity contribution >= 4 is 23.9 Å². The minimum absolute atomic E-state index is 0.0455. The van der Waals surface area contributed by atoms with Crippen LogP contribution in [0.15, 0.2) is 91.0 Å². The number of fused-ring (bicyclic) bond motifs is 3. The second-order valence-electron chi connectivity index (χ2n) is 8.45. The van der Waals surface area contributed by atoms with Crippen LogP contribution < -0.4 is 0 Å². The van der Waals surface area contributed by atoms with Gasteiger partial charge >= 0.3 is 5.97 Å².